The van der Waals surface area contributed by atoms with Gasteiger partial charge in [0.15, 0.2) is 5.69 Å². The summed E-state index contributed by atoms with van der Waals surface area (Å²) in [6.07, 6.45) is -4.80. The zero-order chi connectivity index (χ0) is 22.2. The van der Waals surface area contributed by atoms with E-state index in [2.05, 4.69) is 20.4 Å². The first kappa shape index (κ1) is 20.3. The first-order valence-electron chi connectivity index (χ1n) is 8.81. The van der Waals surface area contributed by atoms with Gasteiger partial charge in [-0.25, -0.2) is 9.37 Å². The van der Waals surface area contributed by atoms with Crippen LogP contribution in [0.5, 0.6) is 5.75 Å². The Morgan fingerprint density at radius 3 is 2.32 bits per heavy atom. The maximum absolute atomic E-state index is 13.6. The number of nitrogens with zero attached hydrogens (tertiary/aromatic N) is 4. The van der Waals surface area contributed by atoms with Crippen molar-refractivity contribution in [1.29, 1.82) is 0 Å². The Bertz CT molecular complexity index is 1250. The Labute approximate surface area is 172 Å². The number of alkyl halides is 3. The molecule has 0 saturated carbocycles. The number of aromatic nitrogens is 4. The number of carbonyl (C=O) groups is 1. The van der Waals surface area contributed by atoms with E-state index in [1.165, 1.54) is 19.2 Å². The van der Waals surface area contributed by atoms with Crippen molar-refractivity contribution in [3.8, 4) is 17.0 Å². The Morgan fingerprint density at radius 2 is 1.71 bits per heavy atom. The zero-order valence-electron chi connectivity index (χ0n) is 15.8. The molecule has 0 radical (unpaired) electrons. The largest absolute Gasteiger partial charge is 0.497 e. The van der Waals surface area contributed by atoms with E-state index in [0.717, 1.165) is 18.2 Å². The summed E-state index contributed by atoms with van der Waals surface area (Å²) in [5.74, 6) is -1.71. The number of ether oxygens (including phenoxy) is 1. The highest BCUT2D eigenvalue weighted by molar-refractivity contribution is 6.01. The van der Waals surface area contributed by atoms with Crippen molar-refractivity contribution in [2.45, 2.75) is 6.18 Å². The average molecular weight is 431 g/mol. The van der Waals surface area contributed by atoms with Gasteiger partial charge in [0.25, 0.3) is 11.7 Å². The molecule has 0 aliphatic carbocycles. The van der Waals surface area contributed by atoms with Gasteiger partial charge in [-0.1, -0.05) is 0 Å². The number of halogens is 4. The first-order chi connectivity index (χ1) is 14.7. The van der Waals surface area contributed by atoms with E-state index in [0.29, 0.717) is 16.0 Å². The van der Waals surface area contributed by atoms with Gasteiger partial charge in [-0.15, -0.1) is 5.10 Å². The summed E-state index contributed by atoms with van der Waals surface area (Å²) in [5, 5.41) is 6.18. The van der Waals surface area contributed by atoms with Crippen molar-refractivity contribution < 1.29 is 27.1 Å². The molecular weight excluding hydrogens is 418 g/mol. The van der Waals surface area contributed by atoms with Crippen LogP contribution >= 0.6 is 0 Å². The van der Waals surface area contributed by atoms with Crippen LogP contribution in [0.1, 0.15) is 16.3 Å². The van der Waals surface area contributed by atoms with Crippen LogP contribution in [0.2, 0.25) is 0 Å². The number of hydrogen-bond donors (Lipinski definition) is 1. The Hall–Kier alpha value is -4.02. The number of anilines is 1. The van der Waals surface area contributed by atoms with Gasteiger partial charge in [-0.05, 0) is 54.6 Å². The molecule has 0 fully saturated rings. The number of nitrogens with one attached hydrogen (secondary N) is 1. The summed E-state index contributed by atoms with van der Waals surface area (Å²) in [6, 6.07) is 11.9. The highest BCUT2D eigenvalue weighted by Gasteiger charge is 2.36. The van der Waals surface area contributed by atoms with Crippen molar-refractivity contribution in [2.24, 2.45) is 0 Å². The lowest BCUT2D eigenvalue weighted by molar-refractivity contribution is -0.142. The lowest BCUT2D eigenvalue weighted by atomic mass is 10.1. The zero-order valence-corrected chi connectivity index (χ0v) is 15.8. The van der Waals surface area contributed by atoms with Crippen LogP contribution in [0.3, 0.4) is 0 Å². The fraction of sp³-hybridized carbons (Fsp3) is 0.100. The van der Waals surface area contributed by atoms with Gasteiger partial charge in [-0.2, -0.15) is 22.7 Å². The van der Waals surface area contributed by atoms with Crippen LogP contribution in [-0.4, -0.2) is 32.6 Å². The molecule has 2 aromatic carbocycles. The van der Waals surface area contributed by atoms with Crippen LogP contribution in [0.25, 0.3) is 17.0 Å². The topological polar surface area (TPSA) is 81.4 Å². The molecule has 7 nitrogen and oxygen atoms in total. The maximum atomic E-state index is 13.6. The molecular formula is C20H13F4N5O2. The Morgan fingerprint density at radius 1 is 1.03 bits per heavy atom. The molecule has 0 bridgehead atoms. The Balaban J connectivity index is 1.74. The average Bonchev–Trinajstić information content (AvgIpc) is 3.17. The SMILES string of the molecule is COc1ccc(NC(=O)c2nc3nc(-c4ccc(F)cc4)cc(C(F)(F)F)n3n2)cc1. The van der Waals surface area contributed by atoms with Gasteiger partial charge in [0.05, 0.1) is 12.8 Å². The van der Waals surface area contributed by atoms with Crippen molar-refractivity contribution in [3.05, 3.63) is 71.9 Å². The van der Waals surface area contributed by atoms with Gasteiger partial charge in [0.2, 0.25) is 5.82 Å². The Kier molecular flexibility index (Phi) is 5.01. The van der Waals surface area contributed by atoms with E-state index in [-0.39, 0.29) is 11.3 Å². The van der Waals surface area contributed by atoms with Crippen LogP contribution in [0.4, 0.5) is 23.2 Å². The molecule has 4 aromatic rings. The van der Waals surface area contributed by atoms with Gasteiger partial charge < -0.3 is 10.1 Å². The minimum Gasteiger partial charge on any atom is -0.497 e. The minimum atomic E-state index is -4.80. The standard InChI is InChI=1S/C20H13F4N5O2/c1-31-14-8-6-13(7-9-14)25-18(30)17-27-19-26-15(11-2-4-12(21)5-3-11)10-16(20(22,23)24)29(19)28-17/h2-10H,1H3,(H,25,30). The molecule has 4 rings (SSSR count). The summed E-state index contributed by atoms with van der Waals surface area (Å²) < 4.78 is 59.5. The van der Waals surface area contributed by atoms with Crippen LogP contribution in [0.15, 0.2) is 54.6 Å². The van der Waals surface area contributed by atoms with Crippen molar-refractivity contribution in [1.82, 2.24) is 19.6 Å². The molecule has 11 heteroatoms. The molecule has 1 N–H and O–H groups in total. The van der Waals surface area contributed by atoms with E-state index in [1.54, 1.807) is 24.3 Å². The smallest absolute Gasteiger partial charge is 0.433 e. The summed E-state index contributed by atoms with van der Waals surface area (Å²) >= 11 is 0. The molecule has 0 atom stereocenters. The summed E-state index contributed by atoms with van der Waals surface area (Å²) in [7, 11) is 1.49. The molecule has 1 amide bonds. The van der Waals surface area contributed by atoms with E-state index in [9.17, 15) is 22.4 Å². The number of hydrogen-bond acceptors (Lipinski definition) is 5. The molecule has 2 aromatic heterocycles. The van der Waals surface area contributed by atoms with Gasteiger partial charge in [0, 0.05) is 11.3 Å². The van der Waals surface area contributed by atoms with Crippen molar-refractivity contribution in [3.63, 3.8) is 0 Å². The van der Waals surface area contributed by atoms with Gasteiger partial charge in [-0.3, -0.25) is 4.79 Å². The van der Waals surface area contributed by atoms with E-state index in [4.69, 9.17) is 4.74 Å². The van der Waals surface area contributed by atoms with E-state index < -0.39 is 35.2 Å². The normalized spacial score (nSPS) is 11.5. The molecule has 2 heterocycles. The molecule has 0 spiro atoms. The molecule has 0 aliphatic heterocycles. The predicted molar refractivity (Wildman–Crippen MR) is 102 cm³/mol. The number of rotatable bonds is 4. The highest BCUT2D eigenvalue weighted by atomic mass is 19.4. The molecule has 31 heavy (non-hydrogen) atoms. The van der Waals surface area contributed by atoms with Gasteiger partial charge >= 0.3 is 6.18 Å². The fourth-order valence-electron chi connectivity index (χ4n) is 2.80. The van der Waals surface area contributed by atoms with E-state index in [1.807, 2.05) is 0 Å². The van der Waals surface area contributed by atoms with E-state index >= 15 is 0 Å². The predicted octanol–water partition coefficient (Wildman–Crippen LogP) is 4.21. The molecule has 0 unspecified atom stereocenters. The van der Waals surface area contributed by atoms with Crippen LogP contribution in [-0.2, 0) is 6.18 Å². The third-order valence-electron chi connectivity index (χ3n) is 4.29. The maximum Gasteiger partial charge on any atom is 0.433 e. The summed E-state index contributed by atoms with van der Waals surface area (Å²) in [4.78, 5) is 20.4. The second kappa shape index (κ2) is 7.67. The van der Waals surface area contributed by atoms with Crippen LogP contribution in [0, 0.1) is 5.82 Å². The lowest BCUT2D eigenvalue weighted by Gasteiger charge is -2.10. The highest BCUT2D eigenvalue weighted by Crippen LogP contribution is 2.32. The quantitative estimate of drug-likeness (QED) is 0.490. The molecule has 0 aliphatic rings. The lowest BCUT2D eigenvalue weighted by Crippen LogP contribution is -2.16. The van der Waals surface area contributed by atoms with Gasteiger partial charge in [0.1, 0.15) is 11.6 Å². The second-order valence-corrected chi connectivity index (χ2v) is 6.36. The third-order valence-corrected chi connectivity index (χ3v) is 4.29. The monoisotopic (exact) mass is 431 g/mol. The third kappa shape index (κ3) is 4.15. The summed E-state index contributed by atoms with van der Waals surface area (Å²) in [5.41, 5.74) is -0.635. The number of benzene rings is 2. The van der Waals surface area contributed by atoms with Crippen molar-refractivity contribution >= 4 is 17.4 Å². The molecule has 158 valence electrons. The fourth-order valence-corrected chi connectivity index (χ4v) is 2.80. The van der Waals surface area contributed by atoms with Crippen LogP contribution < -0.4 is 10.1 Å². The molecule has 0 saturated heterocycles. The minimum absolute atomic E-state index is 0.0886. The summed E-state index contributed by atoms with van der Waals surface area (Å²) in [6.45, 7) is 0. The number of carbonyl (C=O) groups excluding carboxylic acids is 1. The number of methoxy groups -OCH3 is 1. The number of fused-ring (bicyclic) bond motifs is 1. The van der Waals surface area contributed by atoms with Crippen molar-refractivity contribution in [2.75, 3.05) is 12.4 Å². The first-order valence-corrected chi connectivity index (χ1v) is 8.81. The second-order valence-electron chi connectivity index (χ2n) is 6.36. The number of amides is 1.